The average molecular weight is 246 g/mol. The first-order chi connectivity index (χ1) is 8.19. The highest BCUT2D eigenvalue weighted by Gasteiger charge is 2.39. The molecule has 1 aliphatic carbocycles. The number of hydrogen-bond acceptors (Lipinski definition) is 1. The predicted octanol–water partition coefficient (Wildman–Crippen LogP) is 5.02. The molecule has 100 valence electrons. The average Bonchev–Trinajstić information content (AvgIpc) is 2.17. The van der Waals surface area contributed by atoms with E-state index in [-0.39, 0.29) is 0 Å². The van der Waals surface area contributed by atoms with Crippen LogP contribution in [0.3, 0.4) is 0 Å². The third-order valence-corrected chi connectivity index (χ3v) is 4.18. The van der Waals surface area contributed by atoms with Crippen molar-refractivity contribution in [3.63, 3.8) is 0 Å². The van der Waals surface area contributed by atoms with Crippen molar-refractivity contribution in [2.24, 2.45) is 10.8 Å². The summed E-state index contributed by atoms with van der Waals surface area (Å²) in [5.41, 5.74) is 3.12. The zero-order valence-electron chi connectivity index (χ0n) is 12.4. The summed E-state index contributed by atoms with van der Waals surface area (Å²) in [5.74, 6) is 0.961. The van der Waals surface area contributed by atoms with E-state index in [2.05, 4.69) is 40.7 Å². The van der Waals surface area contributed by atoms with Gasteiger partial charge in [-0.3, -0.25) is 0 Å². The number of benzene rings is 1. The Hall–Kier alpha value is -0.980. The topological polar surface area (TPSA) is 20.2 Å². The van der Waals surface area contributed by atoms with Crippen LogP contribution >= 0.6 is 0 Å². The van der Waals surface area contributed by atoms with Crippen LogP contribution in [0.15, 0.2) is 18.2 Å². The minimum Gasteiger partial charge on any atom is -0.508 e. The summed E-state index contributed by atoms with van der Waals surface area (Å²) in [5, 5.41) is 10.1. The molecule has 0 amide bonds. The molecule has 0 spiro atoms. The van der Waals surface area contributed by atoms with E-state index in [4.69, 9.17) is 0 Å². The lowest BCUT2D eigenvalue weighted by atomic mass is 9.60. The van der Waals surface area contributed by atoms with Gasteiger partial charge in [0.05, 0.1) is 0 Å². The quantitative estimate of drug-likeness (QED) is 0.737. The van der Waals surface area contributed by atoms with Gasteiger partial charge in [-0.2, -0.15) is 0 Å². The van der Waals surface area contributed by atoms with Crippen LogP contribution < -0.4 is 0 Å². The molecule has 1 N–H and O–H groups in total. The molecule has 0 atom stereocenters. The molecule has 1 aliphatic rings. The molecule has 18 heavy (non-hydrogen) atoms. The molecule has 0 bridgehead atoms. The summed E-state index contributed by atoms with van der Waals surface area (Å²) in [6.07, 6.45) is 3.62. The Bertz CT molecular complexity index is 427. The lowest BCUT2D eigenvalue weighted by molar-refractivity contribution is 0.0961. The standard InChI is InChI=1S/C17H26O/c1-12-6-7-15(18)14(8-12)13-9-16(2,3)11-17(4,5)10-13/h6-8,13,18H,9-11H2,1-5H3. The van der Waals surface area contributed by atoms with Gasteiger partial charge in [0.1, 0.15) is 5.75 Å². The van der Waals surface area contributed by atoms with Crippen LogP contribution in [0.1, 0.15) is 64.0 Å². The second kappa shape index (κ2) is 4.29. The molecule has 2 rings (SSSR count). The van der Waals surface area contributed by atoms with Gasteiger partial charge in [-0.25, -0.2) is 0 Å². The number of phenols is 1. The monoisotopic (exact) mass is 246 g/mol. The molecule has 0 unspecified atom stereocenters. The smallest absolute Gasteiger partial charge is 0.119 e. The molecule has 0 heterocycles. The van der Waals surface area contributed by atoms with Gasteiger partial charge in [-0.05, 0) is 54.6 Å². The minimum absolute atomic E-state index is 0.364. The summed E-state index contributed by atoms with van der Waals surface area (Å²) < 4.78 is 0. The highest BCUT2D eigenvalue weighted by Crippen LogP contribution is 2.52. The van der Waals surface area contributed by atoms with Crippen molar-refractivity contribution in [1.29, 1.82) is 0 Å². The zero-order valence-corrected chi connectivity index (χ0v) is 12.4. The van der Waals surface area contributed by atoms with Crippen molar-refractivity contribution >= 4 is 0 Å². The minimum atomic E-state index is 0.364. The third-order valence-electron chi connectivity index (χ3n) is 4.18. The van der Waals surface area contributed by atoms with E-state index in [0.717, 1.165) is 5.56 Å². The van der Waals surface area contributed by atoms with E-state index >= 15 is 0 Å². The van der Waals surface area contributed by atoms with E-state index in [0.29, 0.717) is 22.5 Å². The number of aromatic hydroxyl groups is 1. The van der Waals surface area contributed by atoms with E-state index in [1.807, 2.05) is 12.1 Å². The number of hydrogen-bond donors (Lipinski definition) is 1. The SMILES string of the molecule is Cc1ccc(O)c(C2CC(C)(C)CC(C)(C)C2)c1. The number of phenolic OH excluding ortho intramolecular Hbond substituents is 1. The van der Waals surface area contributed by atoms with Gasteiger partial charge in [0.15, 0.2) is 0 Å². The molecule has 1 saturated carbocycles. The number of rotatable bonds is 1. The lowest BCUT2D eigenvalue weighted by Crippen LogP contribution is -2.32. The molecule has 0 radical (unpaired) electrons. The van der Waals surface area contributed by atoms with Crippen LogP contribution in [0.5, 0.6) is 5.75 Å². The van der Waals surface area contributed by atoms with Crippen LogP contribution in [-0.2, 0) is 0 Å². The Morgan fingerprint density at radius 2 is 1.61 bits per heavy atom. The van der Waals surface area contributed by atoms with E-state index in [1.165, 1.54) is 24.8 Å². The predicted molar refractivity (Wildman–Crippen MR) is 77.0 cm³/mol. The molecule has 0 aliphatic heterocycles. The van der Waals surface area contributed by atoms with Crippen molar-refractivity contribution in [3.8, 4) is 5.75 Å². The summed E-state index contributed by atoms with van der Waals surface area (Å²) in [6, 6.07) is 5.99. The van der Waals surface area contributed by atoms with Crippen molar-refractivity contribution in [3.05, 3.63) is 29.3 Å². The van der Waals surface area contributed by atoms with Gasteiger partial charge in [-0.15, -0.1) is 0 Å². The largest absolute Gasteiger partial charge is 0.508 e. The summed E-state index contributed by atoms with van der Waals surface area (Å²) >= 11 is 0. The first-order valence-electron chi connectivity index (χ1n) is 6.98. The number of aryl methyl sites for hydroxylation is 1. The Morgan fingerprint density at radius 3 is 2.17 bits per heavy atom. The van der Waals surface area contributed by atoms with Crippen LogP contribution in [0.25, 0.3) is 0 Å². The second-order valence-electron chi connectivity index (χ2n) is 7.67. The fourth-order valence-electron chi connectivity index (χ4n) is 4.07. The normalized spacial score (nSPS) is 22.9. The van der Waals surface area contributed by atoms with Gasteiger partial charge >= 0.3 is 0 Å². The maximum absolute atomic E-state index is 10.1. The molecule has 1 heteroatoms. The van der Waals surface area contributed by atoms with Crippen molar-refractivity contribution in [2.45, 2.75) is 59.8 Å². The van der Waals surface area contributed by atoms with Crippen molar-refractivity contribution < 1.29 is 5.11 Å². The first-order valence-corrected chi connectivity index (χ1v) is 6.98. The molecule has 1 fully saturated rings. The van der Waals surface area contributed by atoms with E-state index in [9.17, 15) is 5.11 Å². The highest BCUT2D eigenvalue weighted by atomic mass is 16.3. The van der Waals surface area contributed by atoms with Crippen LogP contribution in [0, 0.1) is 17.8 Å². The Kier molecular flexibility index (Phi) is 3.21. The fraction of sp³-hybridized carbons (Fsp3) is 0.647. The maximum Gasteiger partial charge on any atom is 0.119 e. The Morgan fingerprint density at radius 1 is 1.06 bits per heavy atom. The summed E-state index contributed by atoms with van der Waals surface area (Å²) in [4.78, 5) is 0. The van der Waals surface area contributed by atoms with E-state index < -0.39 is 0 Å². The summed E-state index contributed by atoms with van der Waals surface area (Å²) in [7, 11) is 0. The molecule has 0 aromatic heterocycles. The summed E-state index contributed by atoms with van der Waals surface area (Å²) in [6.45, 7) is 11.5. The molecule has 1 aromatic rings. The van der Waals surface area contributed by atoms with Crippen LogP contribution in [0.4, 0.5) is 0 Å². The van der Waals surface area contributed by atoms with Gasteiger partial charge < -0.3 is 5.11 Å². The van der Waals surface area contributed by atoms with Crippen molar-refractivity contribution in [2.75, 3.05) is 0 Å². The van der Waals surface area contributed by atoms with Gasteiger partial charge in [0, 0.05) is 0 Å². The molecule has 1 aromatic carbocycles. The first kappa shape index (κ1) is 13.5. The van der Waals surface area contributed by atoms with Gasteiger partial charge in [0.2, 0.25) is 0 Å². The van der Waals surface area contributed by atoms with Gasteiger partial charge in [0.25, 0.3) is 0 Å². The maximum atomic E-state index is 10.1. The fourth-order valence-corrected chi connectivity index (χ4v) is 4.07. The Balaban J connectivity index is 2.35. The highest BCUT2D eigenvalue weighted by molar-refractivity contribution is 5.39. The lowest BCUT2D eigenvalue weighted by Gasteiger charge is -2.45. The molecule has 1 nitrogen and oxygen atoms in total. The van der Waals surface area contributed by atoms with E-state index in [1.54, 1.807) is 0 Å². The second-order valence-corrected chi connectivity index (χ2v) is 7.67. The van der Waals surface area contributed by atoms with Crippen LogP contribution in [-0.4, -0.2) is 5.11 Å². The third kappa shape index (κ3) is 2.88. The zero-order chi connectivity index (χ0) is 13.6. The van der Waals surface area contributed by atoms with Gasteiger partial charge in [-0.1, -0.05) is 45.4 Å². The Labute approximate surface area is 111 Å². The molecular weight excluding hydrogens is 220 g/mol. The van der Waals surface area contributed by atoms with Crippen molar-refractivity contribution in [1.82, 2.24) is 0 Å². The molecule has 0 saturated heterocycles. The molecular formula is C17H26O. The van der Waals surface area contributed by atoms with Crippen LogP contribution in [0.2, 0.25) is 0 Å².